The van der Waals surface area contributed by atoms with Crippen LogP contribution in [0.15, 0.2) is 46.8 Å². The lowest BCUT2D eigenvalue weighted by molar-refractivity contribution is 0.121. The molecule has 0 bridgehead atoms. The second kappa shape index (κ2) is 10.8. The molecule has 24 heavy (non-hydrogen) atoms. The number of aliphatic imine (C=N–C) groups is 1. The fraction of sp³-hybridized carbons (Fsp3) is 0.421. The Morgan fingerprint density at radius 1 is 1.08 bits per heavy atom. The van der Waals surface area contributed by atoms with Gasteiger partial charge in [-0.15, -0.1) is 11.3 Å². The molecule has 2 N–H and O–H groups in total. The fourth-order valence-corrected chi connectivity index (χ4v) is 2.91. The molecule has 1 aromatic carbocycles. The lowest BCUT2D eigenvalue weighted by Gasteiger charge is -2.12. The molecule has 0 atom stereocenters. The largest absolute Gasteiger partial charge is 0.377 e. The lowest BCUT2D eigenvalue weighted by atomic mass is 10.1. The van der Waals surface area contributed by atoms with Crippen molar-refractivity contribution >= 4 is 17.3 Å². The third kappa shape index (κ3) is 6.34. The van der Waals surface area contributed by atoms with Crippen molar-refractivity contribution in [2.45, 2.75) is 40.0 Å². The molecule has 2 aromatic rings. The lowest BCUT2D eigenvalue weighted by Crippen LogP contribution is -2.36. The van der Waals surface area contributed by atoms with Gasteiger partial charge in [-0.3, -0.25) is 0 Å². The minimum atomic E-state index is 0.644. The highest BCUT2D eigenvalue weighted by atomic mass is 32.1. The van der Waals surface area contributed by atoms with Crippen LogP contribution in [0.1, 0.15) is 36.3 Å². The third-order valence-electron chi connectivity index (χ3n) is 3.49. The van der Waals surface area contributed by atoms with Crippen LogP contribution in [0.5, 0.6) is 0 Å². The van der Waals surface area contributed by atoms with Crippen LogP contribution in [0, 0.1) is 0 Å². The first-order valence-corrected chi connectivity index (χ1v) is 9.40. The van der Waals surface area contributed by atoms with Gasteiger partial charge in [0.15, 0.2) is 5.96 Å². The minimum absolute atomic E-state index is 0.644. The second-order valence-electron chi connectivity index (χ2n) is 5.45. The molecular formula is C19H27N3OS. The highest BCUT2D eigenvalue weighted by Gasteiger charge is 2.03. The number of thiophene rings is 1. The van der Waals surface area contributed by atoms with Crippen molar-refractivity contribution in [2.75, 3.05) is 13.2 Å². The molecule has 0 aliphatic heterocycles. The molecule has 0 fully saturated rings. The Labute approximate surface area is 149 Å². The van der Waals surface area contributed by atoms with Gasteiger partial charge in [-0.05, 0) is 35.9 Å². The van der Waals surface area contributed by atoms with Gasteiger partial charge >= 0.3 is 0 Å². The van der Waals surface area contributed by atoms with E-state index in [1.54, 1.807) is 11.3 Å². The van der Waals surface area contributed by atoms with E-state index in [2.05, 4.69) is 66.3 Å². The molecule has 0 aliphatic rings. The topological polar surface area (TPSA) is 45.6 Å². The number of nitrogens with one attached hydrogen (secondary N) is 2. The first kappa shape index (κ1) is 18.5. The highest BCUT2D eigenvalue weighted by Crippen LogP contribution is 2.12. The maximum absolute atomic E-state index is 5.68. The second-order valence-corrected chi connectivity index (χ2v) is 6.48. The number of guanidine groups is 1. The van der Waals surface area contributed by atoms with Gasteiger partial charge in [-0.25, -0.2) is 4.99 Å². The predicted molar refractivity (Wildman–Crippen MR) is 102 cm³/mol. The molecule has 4 nitrogen and oxygen atoms in total. The van der Waals surface area contributed by atoms with Gasteiger partial charge in [0.25, 0.3) is 0 Å². The zero-order valence-electron chi connectivity index (χ0n) is 14.5. The SMILES string of the molecule is CCCOCc1ccccc1CN=C(NCC)NCc1cccs1. The maximum atomic E-state index is 5.68. The molecule has 1 heterocycles. The summed E-state index contributed by atoms with van der Waals surface area (Å²) in [5, 5.41) is 8.77. The Morgan fingerprint density at radius 3 is 2.62 bits per heavy atom. The Hall–Kier alpha value is -1.85. The summed E-state index contributed by atoms with van der Waals surface area (Å²) in [5.74, 6) is 0.843. The number of ether oxygens (including phenoxy) is 1. The molecule has 0 saturated carbocycles. The standard InChI is InChI=1S/C19H27N3OS/c1-3-11-23-15-17-9-6-5-8-16(17)13-21-19(20-4-2)22-14-18-10-7-12-24-18/h5-10,12H,3-4,11,13-15H2,1-2H3,(H2,20,21,22). The summed E-state index contributed by atoms with van der Waals surface area (Å²) in [5.41, 5.74) is 2.42. The van der Waals surface area contributed by atoms with Crippen LogP contribution in [0.4, 0.5) is 0 Å². The zero-order chi connectivity index (χ0) is 17.0. The molecule has 0 amide bonds. The highest BCUT2D eigenvalue weighted by molar-refractivity contribution is 7.09. The molecule has 1 aromatic heterocycles. The van der Waals surface area contributed by atoms with Gasteiger partial charge in [-0.1, -0.05) is 37.3 Å². The van der Waals surface area contributed by atoms with Crippen molar-refractivity contribution in [2.24, 2.45) is 4.99 Å². The van der Waals surface area contributed by atoms with Crippen LogP contribution in [0.25, 0.3) is 0 Å². The number of rotatable bonds is 9. The van der Waals surface area contributed by atoms with Crippen LogP contribution in [0.2, 0.25) is 0 Å². The first-order valence-electron chi connectivity index (χ1n) is 8.52. The molecule has 0 radical (unpaired) electrons. The summed E-state index contributed by atoms with van der Waals surface area (Å²) in [6.07, 6.45) is 1.04. The quantitative estimate of drug-likeness (QED) is 0.411. The number of nitrogens with zero attached hydrogens (tertiary/aromatic N) is 1. The summed E-state index contributed by atoms with van der Waals surface area (Å²) in [6.45, 7) is 7.93. The molecular weight excluding hydrogens is 318 g/mol. The van der Waals surface area contributed by atoms with Crippen LogP contribution in [-0.4, -0.2) is 19.1 Å². The van der Waals surface area contributed by atoms with Crippen molar-refractivity contribution < 1.29 is 4.74 Å². The average Bonchev–Trinajstić information content (AvgIpc) is 3.12. The van der Waals surface area contributed by atoms with E-state index in [4.69, 9.17) is 9.73 Å². The van der Waals surface area contributed by atoms with Crippen LogP contribution in [-0.2, 0) is 24.4 Å². The van der Waals surface area contributed by atoms with Crippen LogP contribution >= 0.6 is 11.3 Å². The average molecular weight is 346 g/mol. The van der Waals surface area contributed by atoms with Gasteiger partial charge in [0, 0.05) is 18.0 Å². The monoisotopic (exact) mass is 345 g/mol. The summed E-state index contributed by atoms with van der Waals surface area (Å²) >= 11 is 1.75. The van der Waals surface area contributed by atoms with E-state index in [0.717, 1.165) is 32.1 Å². The van der Waals surface area contributed by atoms with E-state index >= 15 is 0 Å². The van der Waals surface area contributed by atoms with Crippen molar-refractivity contribution in [3.63, 3.8) is 0 Å². The van der Waals surface area contributed by atoms with Crippen molar-refractivity contribution in [3.8, 4) is 0 Å². The van der Waals surface area contributed by atoms with E-state index < -0.39 is 0 Å². The molecule has 2 rings (SSSR count). The third-order valence-corrected chi connectivity index (χ3v) is 4.36. The normalized spacial score (nSPS) is 11.5. The smallest absolute Gasteiger partial charge is 0.191 e. The molecule has 0 aliphatic carbocycles. The predicted octanol–water partition coefficient (Wildman–Crippen LogP) is 3.93. The molecule has 130 valence electrons. The molecule has 0 unspecified atom stereocenters. The first-order chi connectivity index (χ1) is 11.8. The number of hydrogen-bond donors (Lipinski definition) is 2. The van der Waals surface area contributed by atoms with Gasteiger partial charge in [0.2, 0.25) is 0 Å². The molecule has 0 saturated heterocycles. The minimum Gasteiger partial charge on any atom is -0.377 e. The van der Waals surface area contributed by atoms with Gasteiger partial charge in [0.05, 0.1) is 19.7 Å². The van der Waals surface area contributed by atoms with Gasteiger partial charge < -0.3 is 15.4 Å². The van der Waals surface area contributed by atoms with Crippen molar-refractivity contribution in [1.29, 1.82) is 0 Å². The van der Waals surface area contributed by atoms with Crippen LogP contribution in [0.3, 0.4) is 0 Å². The Kier molecular flexibility index (Phi) is 8.35. The van der Waals surface area contributed by atoms with E-state index in [9.17, 15) is 0 Å². The van der Waals surface area contributed by atoms with Gasteiger partial charge in [-0.2, -0.15) is 0 Å². The zero-order valence-corrected chi connectivity index (χ0v) is 15.4. The summed E-state index contributed by atoms with van der Waals surface area (Å²) in [4.78, 5) is 6.02. The van der Waals surface area contributed by atoms with E-state index in [1.165, 1.54) is 16.0 Å². The molecule has 0 spiro atoms. The van der Waals surface area contributed by atoms with E-state index in [1.807, 2.05) is 0 Å². The Morgan fingerprint density at radius 2 is 1.92 bits per heavy atom. The Balaban J connectivity index is 1.97. The summed E-state index contributed by atoms with van der Waals surface area (Å²) in [7, 11) is 0. The maximum Gasteiger partial charge on any atom is 0.191 e. The number of benzene rings is 1. The fourth-order valence-electron chi connectivity index (χ4n) is 2.27. The Bertz CT molecular complexity index is 611. The van der Waals surface area contributed by atoms with Crippen molar-refractivity contribution in [3.05, 3.63) is 57.8 Å². The molecule has 5 heteroatoms. The van der Waals surface area contributed by atoms with Crippen LogP contribution < -0.4 is 10.6 Å². The van der Waals surface area contributed by atoms with Crippen molar-refractivity contribution in [1.82, 2.24) is 10.6 Å². The summed E-state index contributed by atoms with van der Waals surface area (Å²) < 4.78 is 5.68. The number of hydrogen-bond acceptors (Lipinski definition) is 3. The summed E-state index contributed by atoms with van der Waals surface area (Å²) in [6, 6.07) is 12.5. The van der Waals surface area contributed by atoms with Gasteiger partial charge in [0.1, 0.15) is 0 Å². The van der Waals surface area contributed by atoms with E-state index in [0.29, 0.717) is 13.2 Å². The van der Waals surface area contributed by atoms with E-state index in [-0.39, 0.29) is 0 Å².